The molecule has 6 heteroatoms. The minimum atomic E-state index is -4.14. The van der Waals surface area contributed by atoms with Crippen molar-refractivity contribution in [2.45, 2.75) is 19.6 Å². The zero-order valence-corrected chi connectivity index (χ0v) is 8.32. The van der Waals surface area contributed by atoms with Gasteiger partial charge in [-0.1, -0.05) is 19.6 Å². The molecule has 1 N–H and O–H groups in total. The summed E-state index contributed by atoms with van der Waals surface area (Å²) in [5.74, 6) is 0. The lowest BCUT2D eigenvalue weighted by Crippen LogP contribution is -2.36. The molecule has 0 heterocycles. The van der Waals surface area contributed by atoms with Crippen molar-refractivity contribution in [3.63, 3.8) is 0 Å². The molecule has 0 spiro atoms. The fourth-order valence-electron chi connectivity index (χ4n) is 0.390. The van der Waals surface area contributed by atoms with Crippen molar-refractivity contribution in [1.82, 2.24) is 4.75 Å². The second-order valence-electron chi connectivity index (χ2n) is 2.82. The molecular formula is C3H10F2NPSSi. The quantitative estimate of drug-likeness (QED) is 0.529. The summed E-state index contributed by atoms with van der Waals surface area (Å²) < 4.78 is 26.3. The Morgan fingerprint density at radius 1 is 1.33 bits per heavy atom. The van der Waals surface area contributed by atoms with Crippen LogP contribution >= 0.6 is 6.81 Å². The molecule has 0 aliphatic heterocycles. The van der Waals surface area contributed by atoms with Crippen LogP contribution in [-0.4, -0.2) is 8.24 Å². The van der Waals surface area contributed by atoms with Gasteiger partial charge in [-0.05, 0) is 11.8 Å². The maximum absolute atomic E-state index is 12.1. The first kappa shape index (κ1) is 9.69. The molecule has 0 aromatic rings. The summed E-state index contributed by atoms with van der Waals surface area (Å²) in [7, 11) is -1.85. The van der Waals surface area contributed by atoms with Gasteiger partial charge in [0.2, 0.25) is 0 Å². The summed E-state index contributed by atoms with van der Waals surface area (Å²) in [6.45, 7) is 1.25. The van der Waals surface area contributed by atoms with E-state index in [4.69, 9.17) is 0 Å². The second kappa shape index (κ2) is 2.74. The number of hydrogen-bond acceptors (Lipinski definition) is 1. The zero-order chi connectivity index (χ0) is 7.71. The van der Waals surface area contributed by atoms with Gasteiger partial charge in [0, 0.05) is 0 Å². The predicted octanol–water partition coefficient (Wildman–Crippen LogP) is 2.57. The molecule has 0 fully saturated rings. The molecule has 0 aliphatic rings. The predicted molar refractivity (Wildman–Crippen MR) is 43.0 cm³/mol. The van der Waals surface area contributed by atoms with Crippen LogP contribution in [0.2, 0.25) is 19.6 Å². The summed E-state index contributed by atoms with van der Waals surface area (Å²) in [4.78, 5) is 0. The fraction of sp³-hybridized carbons (Fsp3) is 1.00. The van der Waals surface area contributed by atoms with Crippen molar-refractivity contribution in [1.29, 1.82) is 0 Å². The third-order valence-electron chi connectivity index (χ3n) is 0.466. The highest BCUT2D eigenvalue weighted by atomic mass is 32.5. The van der Waals surface area contributed by atoms with E-state index < -0.39 is 15.0 Å². The van der Waals surface area contributed by atoms with Gasteiger partial charge in [-0.3, -0.25) is 4.75 Å². The molecule has 0 radical (unpaired) electrons. The lowest BCUT2D eigenvalue weighted by molar-refractivity contribution is 0.729. The first-order chi connectivity index (χ1) is 3.71. The van der Waals surface area contributed by atoms with Crippen molar-refractivity contribution < 1.29 is 8.39 Å². The lowest BCUT2D eigenvalue weighted by atomic mass is 11.8. The Balaban J connectivity index is 3.90. The topological polar surface area (TPSA) is 12.0 Å². The lowest BCUT2D eigenvalue weighted by Gasteiger charge is -2.17. The smallest absolute Gasteiger partial charge is 0.261 e. The van der Waals surface area contributed by atoms with E-state index in [-0.39, 0.29) is 0 Å². The van der Waals surface area contributed by atoms with Gasteiger partial charge in [0.15, 0.2) is 0 Å². The average molecular weight is 189 g/mol. The van der Waals surface area contributed by atoms with Gasteiger partial charge in [-0.2, -0.15) is 8.39 Å². The third-order valence-corrected chi connectivity index (χ3v) is 5.01. The first-order valence-corrected chi connectivity index (χ1v) is 8.58. The van der Waals surface area contributed by atoms with Gasteiger partial charge in [-0.15, -0.1) is 0 Å². The van der Waals surface area contributed by atoms with Gasteiger partial charge in [-0.25, -0.2) is 0 Å². The highest BCUT2D eigenvalue weighted by Crippen LogP contribution is 2.45. The fourth-order valence-corrected chi connectivity index (χ4v) is 5.98. The minimum absolute atomic E-state index is 1.80. The molecule has 0 saturated carbocycles. The summed E-state index contributed by atoms with van der Waals surface area (Å²) in [6, 6.07) is 0. The maximum atomic E-state index is 12.1. The van der Waals surface area contributed by atoms with Crippen molar-refractivity contribution in [2.24, 2.45) is 0 Å². The monoisotopic (exact) mass is 189 g/mol. The molecule has 9 heavy (non-hydrogen) atoms. The van der Waals surface area contributed by atoms with Crippen molar-refractivity contribution in [2.75, 3.05) is 0 Å². The van der Waals surface area contributed by atoms with E-state index in [9.17, 15) is 8.39 Å². The zero-order valence-electron chi connectivity index (χ0n) is 5.61. The standard InChI is InChI=1S/C3H10F2NPSSi/c1-9(2,3)6-7(4,5)8/h1-3H3,(H,6,8). The third kappa shape index (κ3) is 8.69. The molecule has 56 valence electrons. The van der Waals surface area contributed by atoms with Gasteiger partial charge in [0.25, 0.3) is 0 Å². The van der Waals surface area contributed by atoms with E-state index in [2.05, 4.69) is 16.6 Å². The number of rotatable bonds is 2. The van der Waals surface area contributed by atoms with Gasteiger partial charge >= 0.3 is 6.81 Å². The summed E-state index contributed by atoms with van der Waals surface area (Å²) in [5, 5.41) is 0. The van der Waals surface area contributed by atoms with E-state index in [1.807, 2.05) is 0 Å². The summed E-state index contributed by atoms with van der Waals surface area (Å²) in [6.07, 6.45) is 0. The highest BCUT2D eigenvalue weighted by molar-refractivity contribution is 8.09. The Labute approximate surface area is 60.2 Å². The molecule has 0 aromatic carbocycles. The molecule has 0 amide bonds. The van der Waals surface area contributed by atoms with Crippen molar-refractivity contribution in [3.05, 3.63) is 0 Å². The molecule has 0 saturated heterocycles. The van der Waals surface area contributed by atoms with Crippen LogP contribution in [0.4, 0.5) is 8.39 Å². The van der Waals surface area contributed by atoms with Crippen LogP contribution in [0.25, 0.3) is 0 Å². The molecule has 0 bridgehead atoms. The maximum Gasteiger partial charge on any atom is 0.333 e. The molecule has 0 atom stereocenters. The number of hydrogen-bond donors (Lipinski definition) is 1. The van der Waals surface area contributed by atoms with Gasteiger partial charge < -0.3 is 0 Å². The molecule has 0 aromatic heterocycles. The van der Waals surface area contributed by atoms with Crippen LogP contribution in [0.3, 0.4) is 0 Å². The average Bonchev–Trinajstić information content (AvgIpc) is 1.14. The van der Waals surface area contributed by atoms with Crippen LogP contribution in [0.5, 0.6) is 0 Å². The van der Waals surface area contributed by atoms with Gasteiger partial charge in [0.1, 0.15) is 8.24 Å². The van der Waals surface area contributed by atoms with Crippen molar-refractivity contribution >= 4 is 26.9 Å². The number of nitrogens with one attached hydrogen (secondary N) is 1. The van der Waals surface area contributed by atoms with Crippen LogP contribution in [0.15, 0.2) is 0 Å². The second-order valence-corrected chi connectivity index (χ2v) is 10.5. The van der Waals surface area contributed by atoms with E-state index in [0.717, 1.165) is 0 Å². The molecular weight excluding hydrogens is 179 g/mol. The summed E-state index contributed by atoms with van der Waals surface area (Å²) in [5.41, 5.74) is 0. The van der Waals surface area contributed by atoms with E-state index in [1.165, 1.54) is 0 Å². The van der Waals surface area contributed by atoms with E-state index in [1.54, 1.807) is 19.6 Å². The Hall–Kier alpha value is 0.687. The Morgan fingerprint density at radius 2 is 1.67 bits per heavy atom. The SMILES string of the molecule is C[Si](C)(C)NP(F)(F)=S. The van der Waals surface area contributed by atoms with Crippen LogP contribution in [-0.2, 0) is 11.8 Å². The van der Waals surface area contributed by atoms with E-state index >= 15 is 0 Å². The van der Waals surface area contributed by atoms with Crippen molar-refractivity contribution in [3.8, 4) is 0 Å². The molecule has 0 aliphatic carbocycles. The first-order valence-electron chi connectivity index (χ1n) is 2.49. The molecule has 0 unspecified atom stereocenters. The number of halogens is 2. The van der Waals surface area contributed by atoms with E-state index in [0.29, 0.717) is 0 Å². The normalized spacial score (nSPS) is 13.9. The van der Waals surface area contributed by atoms with Crippen LogP contribution < -0.4 is 4.75 Å². The molecule has 0 rings (SSSR count). The Morgan fingerprint density at radius 3 is 1.67 bits per heavy atom. The van der Waals surface area contributed by atoms with Crippen LogP contribution in [0.1, 0.15) is 0 Å². The molecule has 1 nitrogen and oxygen atoms in total. The highest BCUT2D eigenvalue weighted by Gasteiger charge is 2.23. The Kier molecular flexibility index (Phi) is 2.95. The van der Waals surface area contributed by atoms with Crippen LogP contribution in [0, 0.1) is 0 Å². The summed E-state index contributed by atoms with van der Waals surface area (Å²) >= 11 is 3.93. The largest absolute Gasteiger partial charge is 0.333 e. The minimum Gasteiger partial charge on any atom is -0.261 e. The van der Waals surface area contributed by atoms with Gasteiger partial charge in [0.05, 0.1) is 0 Å². The Bertz CT molecular complexity index is 139.